The van der Waals surface area contributed by atoms with Gasteiger partial charge < -0.3 is 10.0 Å². The van der Waals surface area contributed by atoms with Gasteiger partial charge in [-0.15, -0.1) is 0 Å². The second-order valence-electron chi connectivity index (χ2n) is 6.85. The number of rotatable bonds is 5. The maximum absolute atomic E-state index is 12.4. The molecule has 1 aromatic heterocycles. The Bertz CT molecular complexity index is 620. The molecule has 1 aromatic rings. The molecule has 1 aliphatic carbocycles. The lowest BCUT2D eigenvalue weighted by Gasteiger charge is -2.33. The van der Waals surface area contributed by atoms with Crippen molar-refractivity contribution in [2.24, 2.45) is 5.92 Å². The van der Waals surface area contributed by atoms with E-state index in [1.807, 2.05) is 0 Å². The Morgan fingerprint density at radius 3 is 2.46 bits per heavy atom. The molecule has 5 nitrogen and oxygen atoms in total. The van der Waals surface area contributed by atoms with Crippen molar-refractivity contribution in [2.45, 2.75) is 50.4 Å². The molecular formula is C16H22F3N3O2. The fourth-order valence-electron chi connectivity index (χ4n) is 3.14. The van der Waals surface area contributed by atoms with Crippen molar-refractivity contribution >= 4 is 0 Å². The van der Waals surface area contributed by atoms with Crippen LogP contribution in [0.5, 0.6) is 0 Å². The van der Waals surface area contributed by atoms with Crippen molar-refractivity contribution in [3.8, 4) is 0 Å². The van der Waals surface area contributed by atoms with Gasteiger partial charge in [-0.05, 0) is 50.8 Å². The summed E-state index contributed by atoms with van der Waals surface area (Å²) < 4.78 is 38.7. The molecule has 2 heterocycles. The topological polar surface area (TPSA) is 58.4 Å². The van der Waals surface area contributed by atoms with Crippen LogP contribution in [-0.4, -0.2) is 51.7 Å². The van der Waals surface area contributed by atoms with Crippen LogP contribution in [0.25, 0.3) is 0 Å². The number of β-amino-alcohol motifs (C(OH)–C–C–N with tert-alkyl or cyclic N) is 1. The maximum Gasteiger partial charge on any atom is 0.415 e. The molecule has 3 rings (SSSR count). The predicted molar refractivity (Wildman–Crippen MR) is 81.7 cm³/mol. The normalized spacial score (nSPS) is 21.8. The molecule has 1 saturated carbocycles. The fourth-order valence-corrected chi connectivity index (χ4v) is 3.14. The highest BCUT2D eigenvalue weighted by molar-refractivity contribution is 5.12. The molecule has 1 unspecified atom stereocenters. The lowest BCUT2D eigenvalue weighted by Crippen LogP contribution is -2.45. The molecule has 1 N–H and O–H groups in total. The molecule has 134 valence electrons. The van der Waals surface area contributed by atoms with Gasteiger partial charge in [0.25, 0.3) is 5.56 Å². The van der Waals surface area contributed by atoms with E-state index >= 15 is 0 Å². The number of likely N-dealkylation sites (tertiary alicyclic amines) is 1. The third-order valence-corrected chi connectivity index (χ3v) is 4.83. The highest BCUT2D eigenvalue weighted by atomic mass is 19.4. The van der Waals surface area contributed by atoms with Crippen molar-refractivity contribution in [3.05, 3.63) is 28.2 Å². The van der Waals surface area contributed by atoms with Crippen LogP contribution in [0.4, 0.5) is 13.2 Å². The van der Waals surface area contributed by atoms with Crippen molar-refractivity contribution in [3.63, 3.8) is 0 Å². The van der Waals surface area contributed by atoms with Gasteiger partial charge in [-0.3, -0.25) is 4.79 Å². The number of aliphatic hydroxyl groups is 1. The largest absolute Gasteiger partial charge is 0.415 e. The van der Waals surface area contributed by atoms with E-state index in [-0.39, 0.29) is 18.0 Å². The van der Waals surface area contributed by atoms with E-state index in [9.17, 15) is 18.0 Å². The lowest BCUT2D eigenvalue weighted by atomic mass is 9.96. The summed E-state index contributed by atoms with van der Waals surface area (Å²) in [5.41, 5.74) is 0.828. The third kappa shape index (κ3) is 4.36. The summed E-state index contributed by atoms with van der Waals surface area (Å²) in [6.07, 6.45) is -3.24. The molecule has 0 aromatic carbocycles. The Balaban J connectivity index is 1.52. The van der Waals surface area contributed by atoms with Gasteiger partial charge in [0.2, 0.25) is 0 Å². The Morgan fingerprint density at radius 2 is 1.88 bits per heavy atom. The van der Waals surface area contributed by atoms with E-state index < -0.39 is 12.3 Å². The van der Waals surface area contributed by atoms with Crippen LogP contribution in [-0.2, 0) is 6.54 Å². The summed E-state index contributed by atoms with van der Waals surface area (Å²) >= 11 is 0. The number of hydrogen-bond donors (Lipinski definition) is 1. The van der Waals surface area contributed by atoms with Crippen LogP contribution in [0.2, 0.25) is 0 Å². The fraction of sp³-hybridized carbons (Fsp3) is 0.750. The minimum absolute atomic E-state index is 0.130. The van der Waals surface area contributed by atoms with Gasteiger partial charge in [0.15, 0.2) is 6.10 Å². The summed E-state index contributed by atoms with van der Waals surface area (Å²) in [6, 6.07) is 3.34. The first kappa shape index (κ1) is 17.4. The van der Waals surface area contributed by atoms with Gasteiger partial charge in [0, 0.05) is 25.1 Å². The molecule has 0 spiro atoms. The van der Waals surface area contributed by atoms with Gasteiger partial charge >= 0.3 is 6.18 Å². The summed E-state index contributed by atoms with van der Waals surface area (Å²) in [7, 11) is 0. The number of aromatic nitrogens is 2. The average molecular weight is 345 g/mol. The first-order chi connectivity index (χ1) is 11.3. The van der Waals surface area contributed by atoms with E-state index in [0.717, 1.165) is 18.5 Å². The Morgan fingerprint density at radius 1 is 1.21 bits per heavy atom. The molecule has 8 heteroatoms. The Kier molecular flexibility index (Phi) is 4.96. The minimum atomic E-state index is -4.57. The Hall–Kier alpha value is -1.41. The van der Waals surface area contributed by atoms with Crippen molar-refractivity contribution in [2.75, 3.05) is 19.6 Å². The van der Waals surface area contributed by atoms with E-state index in [1.54, 1.807) is 17.0 Å². The molecule has 0 radical (unpaired) electrons. The molecule has 2 aliphatic rings. The summed E-state index contributed by atoms with van der Waals surface area (Å²) in [5, 5.41) is 13.6. The number of halogens is 3. The van der Waals surface area contributed by atoms with Crippen LogP contribution >= 0.6 is 0 Å². The van der Waals surface area contributed by atoms with E-state index in [0.29, 0.717) is 38.4 Å². The highest BCUT2D eigenvalue weighted by Gasteiger charge is 2.39. The minimum Gasteiger partial charge on any atom is -0.382 e. The third-order valence-electron chi connectivity index (χ3n) is 4.83. The lowest BCUT2D eigenvalue weighted by molar-refractivity contribution is -0.208. The maximum atomic E-state index is 12.4. The van der Waals surface area contributed by atoms with E-state index in [1.165, 1.54) is 4.68 Å². The van der Waals surface area contributed by atoms with Gasteiger partial charge in [0.05, 0.1) is 5.69 Å². The number of piperidine rings is 1. The Labute approximate surface area is 138 Å². The quantitative estimate of drug-likeness (QED) is 0.883. The van der Waals surface area contributed by atoms with Crippen LogP contribution in [0, 0.1) is 5.92 Å². The van der Waals surface area contributed by atoms with Crippen molar-refractivity contribution < 1.29 is 18.3 Å². The predicted octanol–water partition coefficient (Wildman–Crippen LogP) is 1.76. The molecule has 1 atom stereocenters. The number of aliphatic hydroxyl groups excluding tert-OH is 1. The molecule has 2 fully saturated rings. The number of hydrogen-bond acceptors (Lipinski definition) is 4. The summed E-state index contributed by atoms with van der Waals surface area (Å²) in [6.45, 7) is 1.12. The first-order valence-electron chi connectivity index (χ1n) is 8.38. The van der Waals surface area contributed by atoms with Crippen molar-refractivity contribution in [1.29, 1.82) is 0 Å². The summed E-state index contributed by atoms with van der Waals surface area (Å²) in [4.78, 5) is 13.6. The highest BCUT2D eigenvalue weighted by Crippen LogP contribution is 2.38. The second-order valence-corrected chi connectivity index (χ2v) is 6.85. The average Bonchev–Trinajstić information content (AvgIpc) is 3.35. The van der Waals surface area contributed by atoms with Gasteiger partial charge in [-0.2, -0.15) is 18.3 Å². The standard InChI is InChI=1S/C16H22F3N3O2/c17-16(18,19)14(23)10-21-7-5-11(6-8-21)9-22-15(24)4-3-13(20-22)12-1-2-12/h3-4,11-12,14,23H,1-2,5-10H2. The zero-order chi connectivity index (χ0) is 17.3. The molecule has 0 amide bonds. The van der Waals surface area contributed by atoms with Crippen LogP contribution in [0.1, 0.15) is 37.3 Å². The number of alkyl halides is 3. The zero-order valence-electron chi connectivity index (χ0n) is 13.4. The van der Waals surface area contributed by atoms with Crippen LogP contribution in [0.3, 0.4) is 0 Å². The van der Waals surface area contributed by atoms with Gasteiger partial charge in [-0.1, -0.05) is 0 Å². The monoisotopic (exact) mass is 345 g/mol. The molecule has 1 aliphatic heterocycles. The van der Waals surface area contributed by atoms with Gasteiger partial charge in [-0.25, -0.2) is 4.68 Å². The molecule has 0 bridgehead atoms. The van der Waals surface area contributed by atoms with E-state index in [2.05, 4.69) is 5.10 Å². The zero-order valence-corrected chi connectivity index (χ0v) is 13.4. The molecule has 24 heavy (non-hydrogen) atoms. The number of nitrogens with zero attached hydrogens (tertiary/aromatic N) is 3. The summed E-state index contributed by atoms with van der Waals surface area (Å²) in [5.74, 6) is 0.700. The van der Waals surface area contributed by atoms with Gasteiger partial charge in [0.1, 0.15) is 0 Å². The first-order valence-corrected chi connectivity index (χ1v) is 8.38. The molecule has 1 saturated heterocycles. The second kappa shape index (κ2) is 6.84. The van der Waals surface area contributed by atoms with Crippen LogP contribution < -0.4 is 5.56 Å². The smallest absolute Gasteiger partial charge is 0.382 e. The van der Waals surface area contributed by atoms with E-state index in [4.69, 9.17) is 5.11 Å². The SMILES string of the molecule is O=c1ccc(C2CC2)nn1CC1CCN(CC(O)C(F)(F)F)CC1. The van der Waals surface area contributed by atoms with Crippen molar-refractivity contribution in [1.82, 2.24) is 14.7 Å². The van der Waals surface area contributed by atoms with Crippen LogP contribution in [0.15, 0.2) is 16.9 Å². The molecular weight excluding hydrogens is 323 g/mol.